The Labute approximate surface area is 156 Å². The Hall–Kier alpha value is -3.09. The van der Waals surface area contributed by atoms with Crippen molar-refractivity contribution in [2.24, 2.45) is 0 Å². The van der Waals surface area contributed by atoms with E-state index in [1.54, 1.807) is 42.5 Å². The van der Waals surface area contributed by atoms with Gasteiger partial charge in [-0.2, -0.15) is 0 Å². The average Bonchev–Trinajstić information content (AvgIpc) is 2.65. The Morgan fingerprint density at radius 2 is 1.81 bits per heavy atom. The second-order valence-electron chi connectivity index (χ2n) is 5.92. The van der Waals surface area contributed by atoms with Crippen LogP contribution < -0.4 is 14.8 Å². The maximum absolute atomic E-state index is 13.4. The quantitative estimate of drug-likeness (QED) is 0.622. The highest BCUT2D eigenvalue weighted by Crippen LogP contribution is 2.18. The van der Waals surface area contributed by atoms with Crippen LogP contribution in [-0.2, 0) is 9.59 Å². The summed E-state index contributed by atoms with van der Waals surface area (Å²) in [5.41, 5.74) is 0.869. The molecule has 0 fully saturated rings. The fourth-order valence-corrected chi connectivity index (χ4v) is 2.37. The lowest BCUT2D eigenvalue weighted by Crippen LogP contribution is -2.26. The number of carboxylic acid groups (broad SMARTS) is 1. The van der Waals surface area contributed by atoms with Crippen LogP contribution >= 0.6 is 0 Å². The first-order valence-corrected chi connectivity index (χ1v) is 8.57. The number of hydrogen-bond acceptors (Lipinski definition) is 4. The first kappa shape index (κ1) is 20.2. The number of carboxylic acids is 1. The lowest BCUT2D eigenvalue weighted by Gasteiger charge is -2.15. The largest absolute Gasteiger partial charge is 0.491 e. The van der Waals surface area contributed by atoms with Crippen LogP contribution in [0.25, 0.3) is 0 Å². The molecule has 0 bridgehead atoms. The molecule has 0 saturated carbocycles. The minimum atomic E-state index is -1.04. The summed E-state index contributed by atoms with van der Waals surface area (Å²) in [4.78, 5) is 22.5. The summed E-state index contributed by atoms with van der Waals surface area (Å²) in [6, 6.07) is 12.8. The Morgan fingerprint density at radius 3 is 2.48 bits per heavy atom. The van der Waals surface area contributed by atoms with Gasteiger partial charge >= 0.3 is 5.97 Å². The molecule has 0 saturated heterocycles. The number of benzene rings is 2. The summed E-state index contributed by atoms with van der Waals surface area (Å²) >= 11 is 0. The van der Waals surface area contributed by atoms with Crippen molar-refractivity contribution < 1.29 is 28.6 Å². The number of carbonyl (C=O) groups excluding carboxylic acids is 1. The molecule has 2 rings (SSSR count). The van der Waals surface area contributed by atoms with Crippen molar-refractivity contribution in [3.8, 4) is 11.5 Å². The topological polar surface area (TPSA) is 84.9 Å². The van der Waals surface area contributed by atoms with Crippen LogP contribution in [-0.4, -0.2) is 30.2 Å². The molecule has 0 aliphatic rings. The third kappa shape index (κ3) is 6.97. The zero-order valence-electron chi connectivity index (χ0n) is 15.0. The molecule has 1 atom stereocenters. The molecule has 2 N–H and O–H groups in total. The number of amides is 1. The standard InChI is InChI=1S/C20H22FNO5/c1-14(15-8-10-16(11-9-15)27-13-20(24)25)22-19(23)7-4-12-26-18-6-3-2-5-17(18)21/h2-3,5-6,8-11,14H,4,7,12-13H2,1H3,(H,22,23)(H,24,25). The summed E-state index contributed by atoms with van der Waals surface area (Å²) in [6.07, 6.45) is 0.730. The second kappa shape index (κ2) is 10.2. The number of para-hydroxylation sites is 1. The van der Waals surface area contributed by atoms with Crippen molar-refractivity contribution in [2.45, 2.75) is 25.8 Å². The number of ether oxygens (including phenoxy) is 2. The summed E-state index contributed by atoms with van der Waals surface area (Å²) in [5.74, 6) is -0.975. The number of nitrogens with one attached hydrogen (secondary N) is 1. The molecule has 0 heterocycles. The summed E-state index contributed by atoms with van der Waals surface area (Å²) < 4.78 is 23.8. The number of halogens is 1. The highest BCUT2D eigenvalue weighted by molar-refractivity contribution is 5.76. The average molecular weight is 375 g/mol. The molecule has 2 aromatic rings. The van der Waals surface area contributed by atoms with Crippen LogP contribution in [0.2, 0.25) is 0 Å². The van der Waals surface area contributed by atoms with Gasteiger partial charge in [-0.25, -0.2) is 9.18 Å². The first-order valence-electron chi connectivity index (χ1n) is 8.57. The van der Waals surface area contributed by atoms with Gasteiger partial charge in [0.2, 0.25) is 5.91 Å². The summed E-state index contributed by atoms with van der Waals surface area (Å²) in [5, 5.41) is 11.5. The molecule has 144 valence electrons. The summed E-state index contributed by atoms with van der Waals surface area (Å²) in [7, 11) is 0. The van der Waals surface area contributed by atoms with E-state index < -0.39 is 18.4 Å². The first-order chi connectivity index (χ1) is 13.0. The number of rotatable bonds is 10. The van der Waals surface area contributed by atoms with Crippen LogP contribution in [0.3, 0.4) is 0 Å². The third-order valence-corrected chi connectivity index (χ3v) is 3.76. The van der Waals surface area contributed by atoms with E-state index in [2.05, 4.69) is 5.32 Å². The normalized spacial score (nSPS) is 11.5. The van der Waals surface area contributed by atoms with Crippen LogP contribution in [0.1, 0.15) is 31.4 Å². The van der Waals surface area contributed by atoms with E-state index in [0.717, 1.165) is 5.56 Å². The van der Waals surface area contributed by atoms with Gasteiger partial charge in [0.1, 0.15) is 5.75 Å². The van der Waals surface area contributed by atoms with Gasteiger partial charge in [-0.3, -0.25) is 4.79 Å². The third-order valence-electron chi connectivity index (χ3n) is 3.76. The van der Waals surface area contributed by atoms with Crippen molar-refractivity contribution in [2.75, 3.05) is 13.2 Å². The van der Waals surface area contributed by atoms with Crippen molar-refractivity contribution in [1.29, 1.82) is 0 Å². The van der Waals surface area contributed by atoms with Crippen molar-refractivity contribution >= 4 is 11.9 Å². The zero-order valence-corrected chi connectivity index (χ0v) is 15.0. The van der Waals surface area contributed by atoms with Crippen LogP contribution in [0.4, 0.5) is 4.39 Å². The van der Waals surface area contributed by atoms with Gasteiger partial charge in [-0.15, -0.1) is 0 Å². The molecular weight excluding hydrogens is 353 g/mol. The number of aliphatic carboxylic acids is 1. The van der Waals surface area contributed by atoms with E-state index in [1.165, 1.54) is 6.07 Å². The molecular formula is C20H22FNO5. The monoisotopic (exact) mass is 375 g/mol. The van der Waals surface area contributed by atoms with Gasteiger partial charge in [0.25, 0.3) is 0 Å². The minimum Gasteiger partial charge on any atom is -0.491 e. The highest BCUT2D eigenvalue weighted by Gasteiger charge is 2.10. The van der Waals surface area contributed by atoms with E-state index in [4.69, 9.17) is 14.6 Å². The molecule has 6 nitrogen and oxygen atoms in total. The molecule has 0 spiro atoms. The van der Waals surface area contributed by atoms with Crippen LogP contribution in [0.15, 0.2) is 48.5 Å². The van der Waals surface area contributed by atoms with E-state index >= 15 is 0 Å². The molecule has 0 radical (unpaired) electrons. The number of hydrogen-bond donors (Lipinski definition) is 2. The molecule has 0 aliphatic heterocycles. The zero-order chi connectivity index (χ0) is 19.6. The molecule has 0 aromatic heterocycles. The Bertz CT molecular complexity index is 763. The van der Waals surface area contributed by atoms with Crippen LogP contribution in [0, 0.1) is 5.82 Å². The molecule has 0 aliphatic carbocycles. The lowest BCUT2D eigenvalue weighted by molar-refractivity contribution is -0.139. The molecule has 7 heteroatoms. The van der Waals surface area contributed by atoms with Gasteiger partial charge in [-0.05, 0) is 43.2 Å². The maximum atomic E-state index is 13.4. The van der Waals surface area contributed by atoms with E-state index in [-0.39, 0.29) is 30.7 Å². The highest BCUT2D eigenvalue weighted by atomic mass is 19.1. The number of carbonyl (C=O) groups is 2. The SMILES string of the molecule is CC(NC(=O)CCCOc1ccccc1F)c1ccc(OCC(=O)O)cc1. The fourth-order valence-electron chi connectivity index (χ4n) is 2.37. The summed E-state index contributed by atoms with van der Waals surface area (Å²) in [6.45, 7) is 1.69. The van der Waals surface area contributed by atoms with Gasteiger partial charge in [-0.1, -0.05) is 24.3 Å². The molecule has 1 unspecified atom stereocenters. The lowest BCUT2D eigenvalue weighted by atomic mass is 10.1. The second-order valence-corrected chi connectivity index (χ2v) is 5.92. The molecule has 1 amide bonds. The van der Waals surface area contributed by atoms with Gasteiger partial charge in [0.15, 0.2) is 18.2 Å². The Balaban J connectivity index is 1.71. The Kier molecular flexibility index (Phi) is 7.61. The van der Waals surface area contributed by atoms with E-state index in [1.807, 2.05) is 6.92 Å². The van der Waals surface area contributed by atoms with Gasteiger partial charge < -0.3 is 19.9 Å². The van der Waals surface area contributed by atoms with Crippen molar-refractivity contribution in [3.05, 3.63) is 59.9 Å². The minimum absolute atomic E-state index is 0.133. The van der Waals surface area contributed by atoms with E-state index in [0.29, 0.717) is 12.2 Å². The van der Waals surface area contributed by atoms with Crippen molar-refractivity contribution in [3.63, 3.8) is 0 Å². The van der Waals surface area contributed by atoms with Crippen LogP contribution in [0.5, 0.6) is 11.5 Å². The fraction of sp³-hybridized carbons (Fsp3) is 0.300. The van der Waals surface area contributed by atoms with Crippen molar-refractivity contribution in [1.82, 2.24) is 5.32 Å². The molecule has 27 heavy (non-hydrogen) atoms. The van der Waals surface area contributed by atoms with Gasteiger partial charge in [0.05, 0.1) is 12.6 Å². The predicted octanol–water partition coefficient (Wildman–Crippen LogP) is 3.33. The Morgan fingerprint density at radius 1 is 1.11 bits per heavy atom. The van der Waals surface area contributed by atoms with E-state index in [9.17, 15) is 14.0 Å². The van der Waals surface area contributed by atoms with Gasteiger partial charge in [0, 0.05) is 6.42 Å². The molecule has 2 aromatic carbocycles. The maximum Gasteiger partial charge on any atom is 0.341 e. The smallest absolute Gasteiger partial charge is 0.341 e. The predicted molar refractivity (Wildman–Crippen MR) is 97.3 cm³/mol.